The Hall–Kier alpha value is -8.92. The zero-order valence-electron chi connectivity index (χ0n) is 36.7. The second kappa shape index (κ2) is 16.0. The van der Waals surface area contributed by atoms with E-state index >= 15 is 0 Å². The summed E-state index contributed by atoms with van der Waals surface area (Å²) in [5, 5.41) is 12.0. The summed E-state index contributed by atoms with van der Waals surface area (Å²) in [4.78, 5) is 4.87. The maximum Gasteiger partial charge on any atom is 0.0541 e. The minimum atomic E-state index is 1.05. The topological polar surface area (TPSA) is 11.4 Å². The lowest BCUT2D eigenvalue weighted by Crippen LogP contribution is -2.14. The Labute approximate surface area is 389 Å². The molecule has 3 heteroatoms. The van der Waals surface area contributed by atoms with Gasteiger partial charge in [0.15, 0.2) is 0 Å². The van der Waals surface area contributed by atoms with E-state index in [-0.39, 0.29) is 0 Å². The fourth-order valence-electron chi connectivity index (χ4n) is 10.2. The molecule has 67 heavy (non-hydrogen) atoms. The van der Waals surface area contributed by atoms with Gasteiger partial charge < -0.3 is 14.4 Å². The predicted molar refractivity (Wildman–Crippen MR) is 286 cm³/mol. The molecule has 13 rings (SSSR count). The Morgan fingerprint density at radius 1 is 0.224 bits per heavy atom. The molecule has 0 saturated heterocycles. The lowest BCUT2D eigenvalue weighted by Gasteiger charge is -2.31. The van der Waals surface area contributed by atoms with E-state index in [9.17, 15) is 0 Å². The van der Waals surface area contributed by atoms with Gasteiger partial charge >= 0.3 is 0 Å². The van der Waals surface area contributed by atoms with E-state index in [2.05, 4.69) is 275 Å². The highest BCUT2D eigenvalue weighted by atomic mass is 15.2. The average molecular weight is 854 g/mol. The number of hydrogen-bond acceptors (Lipinski definition) is 2. The van der Waals surface area contributed by atoms with E-state index in [0.29, 0.717) is 0 Å². The first-order chi connectivity index (χ1) is 33.2. The third-order valence-electron chi connectivity index (χ3n) is 13.4. The van der Waals surface area contributed by atoms with E-state index in [1.54, 1.807) is 0 Å². The normalized spacial score (nSPS) is 11.6. The summed E-state index contributed by atoms with van der Waals surface area (Å²) in [7, 11) is 0. The van der Waals surface area contributed by atoms with Gasteiger partial charge in [0.2, 0.25) is 0 Å². The number of fused-ring (bicyclic) bond motifs is 7. The highest BCUT2D eigenvalue weighted by molar-refractivity contribution is 6.11. The van der Waals surface area contributed by atoms with Crippen LogP contribution in [0.25, 0.3) is 81.7 Å². The summed E-state index contributed by atoms with van der Waals surface area (Å²) in [6, 6.07) is 95.5. The van der Waals surface area contributed by atoms with Gasteiger partial charge in [0.1, 0.15) is 0 Å². The molecule has 13 aromatic rings. The van der Waals surface area contributed by atoms with E-state index in [1.165, 1.54) is 64.9 Å². The number of hydrogen-bond donors (Lipinski definition) is 0. The summed E-state index contributed by atoms with van der Waals surface area (Å²) in [6.45, 7) is 0. The van der Waals surface area contributed by atoms with E-state index < -0.39 is 0 Å². The van der Waals surface area contributed by atoms with Crippen LogP contribution >= 0.6 is 0 Å². The Morgan fingerprint density at radius 3 is 1.07 bits per heavy atom. The molecule has 0 aliphatic carbocycles. The van der Waals surface area contributed by atoms with Gasteiger partial charge in [-0.15, -0.1) is 0 Å². The molecular formula is C64H43N3. The van der Waals surface area contributed by atoms with Gasteiger partial charge in [-0.25, -0.2) is 0 Å². The van der Waals surface area contributed by atoms with Crippen molar-refractivity contribution in [2.75, 3.05) is 9.80 Å². The highest BCUT2D eigenvalue weighted by Crippen LogP contribution is 2.46. The Kier molecular flexibility index (Phi) is 9.17. The van der Waals surface area contributed by atoms with Crippen LogP contribution in [-0.4, -0.2) is 4.57 Å². The van der Waals surface area contributed by atoms with Crippen molar-refractivity contribution in [2.24, 2.45) is 0 Å². The molecule has 0 spiro atoms. The van der Waals surface area contributed by atoms with Crippen molar-refractivity contribution in [3.63, 3.8) is 0 Å². The first-order valence-electron chi connectivity index (χ1n) is 23.0. The lowest BCUT2D eigenvalue weighted by atomic mass is 9.99. The molecule has 314 valence electrons. The zero-order valence-corrected chi connectivity index (χ0v) is 36.7. The first kappa shape index (κ1) is 38.5. The summed E-state index contributed by atoms with van der Waals surface area (Å²) in [6.07, 6.45) is 0. The second-order valence-corrected chi connectivity index (χ2v) is 17.5. The number of rotatable bonds is 8. The minimum Gasteiger partial charge on any atom is -0.310 e. The van der Waals surface area contributed by atoms with Crippen LogP contribution in [0.5, 0.6) is 0 Å². The standard InChI is InChI=1S/C64H43N3/c1-2-22-54(23-3-1)67-63-25-13-12-24-61(63)62-42-52(30-35-64(62)67)53-40-59(65(55-31-26-44-14-4-8-18-48(44)36-55)56-32-27-45-15-5-9-19-49(45)37-56)43-60(41-53)66(57-33-28-46-16-6-10-20-50(46)38-57)58-34-29-47-17-7-11-21-51(47)39-58/h1-43H. The third kappa shape index (κ3) is 6.84. The third-order valence-corrected chi connectivity index (χ3v) is 13.4. The number of nitrogens with zero attached hydrogens (tertiary/aromatic N) is 3. The molecule has 0 saturated carbocycles. The van der Waals surface area contributed by atoms with E-state index in [4.69, 9.17) is 0 Å². The lowest BCUT2D eigenvalue weighted by molar-refractivity contribution is 1.18. The molecule has 12 aromatic carbocycles. The Morgan fingerprint density at radius 2 is 0.612 bits per heavy atom. The molecule has 0 N–H and O–H groups in total. The molecular weight excluding hydrogens is 811 g/mol. The number of aromatic nitrogens is 1. The van der Waals surface area contributed by atoms with Crippen molar-refractivity contribution in [1.29, 1.82) is 0 Å². The van der Waals surface area contributed by atoms with Crippen LogP contribution in [0.15, 0.2) is 261 Å². The summed E-state index contributed by atoms with van der Waals surface area (Å²) >= 11 is 0. The van der Waals surface area contributed by atoms with Gasteiger partial charge in [0.25, 0.3) is 0 Å². The largest absolute Gasteiger partial charge is 0.310 e. The fraction of sp³-hybridized carbons (Fsp3) is 0. The van der Waals surface area contributed by atoms with Gasteiger partial charge in [-0.05, 0) is 151 Å². The van der Waals surface area contributed by atoms with Crippen LogP contribution in [0.3, 0.4) is 0 Å². The number of benzene rings is 12. The monoisotopic (exact) mass is 853 g/mol. The van der Waals surface area contributed by atoms with Gasteiger partial charge in [-0.2, -0.15) is 0 Å². The van der Waals surface area contributed by atoms with Crippen LogP contribution in [-0.2, 0) is 0 Å². The molecule has 0 fully saturated rings. The van der Waals surface area contributed by atoms with Crippen molar-refractivity contribution in [3.05, 3.63) is 261 Å². The van der Waals surface area contributed by atoms with Crippen molar-refractivity contribution in [2.45, 2.75) is 0 Å². The van der Waals surface area contributed by atoms with Gasteiger partial charge in [-0.3, -0.25) is 0 Å². The zero-order chi connectivity index (χ0) is 44.3. The summed E-state index contributed by atoms with van der Waals surface area (Å²) in [5.74, 6) is 0. The maximum absolute atomic E-state index is 2.44. The molecule has 0 radical (unpaired) electrons. The van der Waals surface area contributed by atoms with Crippen molar-refractivity contribution < 1.29 is 0 Å². The molecule has 0 unspecified atom stereocenters. The molecule has 0 bridgehead atoms. The SMILES string of the molecule is c1ccc(-n2c3ccccc3c3cc(-c4cc(N(c5ccc6ccccc6c5)c5ccc6ccccc6c5)cc(N(c5ccc6ccccc6c5)c5ccc6ccccc6c5)c4)ccc32)cc1. The van der Waals surface area contributed by atoms with Crippen molar-refractivity contribution >= 4 is 99.0 Å². The molecule has 0 aliphatic rings. The van der Waals surface area contributed by atoms with Gasteiger partial charge in [0.05, 0.1) is 11.0 Å². The summed E-state index contributed by atoms with van der Waals surface area (Å²) < 4.78 is 2.39. The Bertz CT molecular complexity index is 3680. The first-order valence-corrected chi connectivity index (χ1v) is 23.0. The van der Waals surface area contributed by atoms with Crippen molar-refractivity contribution in [3.8, 4) is 16.8 Å². The smallest absolute Gasteiger partial charge is 0.0541 e. The molecule has 3 nitrogen and oxygen atoms in total. The molecule has 1 heterocycles. The fourth-order valence-corrected chi connectivity index (χ4v) is 10.2. The minimum absolute atomic E-state index is 1.05. The van der Waals surface area contributed by atoms with Crippen LogP contribution in [0, 0.1) is 0 Å². The van der Waals surface area contributed by atoms with Crippen molar-refractivity contribution in [1.82, 2.24) is 4.57 Å². The maximum atomic E-state index is 2.44. The van der Waals surface area contributed by atoms with E-state index in [0.717, 1.165) is 50.9 Å². The van der Waals surface area contributed by atoms with Crippen LogP contribution in [0.2, 0.25) is 0 Å². The van der Waals surface area contributed by atoms with Gasteiger partial charge in [0, 0.05) is 50.6 Å². The predicted octanol–water partition coefficient (Wildman–Crippen LogP) is 18.0. The van der Waals surface area contributed by atoms with E-state index in [1.807, 2.05) is 0 Å². The number of para-hydroxylation sites is 2. The molecule has 0 atom stereocenters. The van der Waals surface area contributed by atoms with Crippen LogP contribution < -0.4 is 9.80 Å². The molecule has 0 aliphatic heterocycles. The van der Waals surface area contributed by atoms with Crippen LogP contribution in [0.1, 0.15) is 0 Å². The second-order valence-electron chi connectivity index (χ2n) is 17.5. The number of anilines is 6. The quantitative estimate of drug-likeness (QED) is 0.151. The summed E-state index contributed by atoms with van der Waals surface area (Å²) in [5.41, 5.74) is 12.2. The van der Waals surface area contributed by atoms with Crippen LogP contribution in [0.4, 0.5) is 34.1 Å². The highest BCUT2D eigenvalue weighted by Gasteiger charge is 2.22. The molecule has 0 amide bonds. The average Bonchev–Trinajstić information content (AvgIpc) is 3.72. The Balaban J connectivity index is 1.10. The van der Waals surface area contributed by atoms with Gasteiger partial charge in [-0.1, -0.05) is 164 Å². The molecule has 1 aromatic heterocycles.